The SMILES string of the molecule is CN(c1c(C#N)cnc2c1ccn2S(=O)(=O)c1ccccc1)[C@@H]1CC2CN(C(=O)Nc3nc(CO)ns3)C[C@H]2C1. The minimum Gasteiger partial charge on any atom is -0.388 e. The molecule has 40 heavy (non-hydrogen) atoms. The number of hydrogen-bond acceptors (Lipinski definition) is 10. The summed E-state index contributed by atoms with van der Waals surface area (Å²) in [5, 5.41) is 22.8. The molecule has 3 atom stereocenters. The number of hydrogen-bond donors (Lipinski definition) is 2. The molecule has 2 fully saturated rings. The normalized spacial score (nSPS) is 20.4. The predicted octanol–water partition coefficient (Wildman–Crippen LogP) is 2.87. The molecule has 1 aliphatic heterocycles. The van der Waals surface area contributed by atoms with Crippen LogP contribution in [0.5, 0.6) is 0 Å². The van der Waals surface area contributed by atoms with E-state index in [0.717, 1.165) is 28.3 Å². The number of nitrogens with zero attached hydrogens (tertiary/aromatic N) is 7. The molecule has 4 heterocycles. The Balaban J connectivity index is 1.21. The number of nitrogens with one attached hydrogen (secondary N) is 1. The third-order valence-electron chi connectivity index (χ3n) is 7.81. The van der Waals surface area contributed by atoms with Crippen LogP contribution in [0.15, 0.2) is 53.7 Å². The Morgan fingerprint density at radius 1 is 1.23 bits per heavy atom. The van der Waals surface area contributed by atoms with Crippen molar-refractivity contribution < 1.29 is 18.3 Å². The molecule has 2 N–H and O–H groups in total. The zero-order valence-corrected chi connectivity index (χ0v) is 23.1. The van der Waals surface area contributed by atoms with E-state index in [1.807, 2.05) is 7.05 Å². The van der Waals surface area contributed by atoms with Crippen molar-refractivity contribution in [3.63, 3.8) is 0 Å². The fraction of sp³-hybridized carbons (Fsp3) is 0.346. The Labute approximate surface area is 234 Å². The molecular weight excluding hydrogens is 552 g/mol. The highest BCUT2D eigenvalue weighted by Gasteiger charge is 2.44. The lowest BCUT2D eigenvalue weighted by molar-refractivity contribution is 0.218. The minimum absolute atomic E-state index is 0.113. The number of carbonyl (C=O) groups excluding carboxylic acids is 1. The largest absolute Gasteiger partial charge is 0.388 e. The van der Waals surface area contributed by atoms with Gasteiger partial charge in [0, 0.05) is 55.5 Å². The number of rotatable bonds is 6. The van der Waals surface area contributed by atoms with E-state index >= 15 is 0 Å². The maximum atomic E-state index is 13.3. The van der Waals surface area contributed by atoms with E-state index in [2.05, 4.69) is 30.6 Å². The molecule has 6 rings (SSSR count). The second-order valence-electron chi connectivity index (χ2n) is 10.1. The third kappa shape index (κ3) is 4.45. The zero-order valence-electron chi connectivity index (χ0n) is 21.5. The number of pyridine rings is 1. The summed E-state index contributed by atoms with van der Waals surface area (Å²) in [6.07, 6.45) is 4.58. The summed E-state index contributed by atoms with van der Waals surface area (Å²) in [5.41, 5.74) is 1.30. The summed E-state index contributed by atoms with van der Waals surface area (Å²) in [6, 6.07) is 12.0. The van der Waals surface area contributed by atoms with Gasteiger partial charge in [0.15, 0.2) is 11.5 Å². The van der Waals surface area contributed by atoms with Gasteiger partial charge in [-0.3, -0.25) is 5.32 Å². The van der Waals surface area contributed by atoms with Crippen LogP contribution in [0, 0.1) is 23.2 Å². The number of aromatic nitrogens is 4. The van der Waals surface area contributed by atoms with Crippen molar-refractivity contribution in [3.05, 3.63) is 60.2 Å². The number of amides is 2. The summed E-state index contributed by atoms with van der Waals surface area (Å²) >= 11 is 1.03. The van der Waals surface area contributed by atoms with Crippen LogP contribution in [0.1, 0.15) is 24.2 Å². The van der Waals surface area contributed by atoms with Crippen LogP contribution < -0.4 is 10.2 Å². The molecule has 1 aliphatic carbocycles. The van der Waals surface area contributed by atoms with Crippen molar-refractivity contribution in [2.45, 2.75) is 30.4 Å². The van der Waals surface area contributed by atoms with Crippen molar-refractivity contribution in [1.29, 1.82) is 5.26 Å². The molecule has 2 amide bonds. The average molecular weight is 579 g/mol. The van der Waals surface area contributed by atoms with Gasteiger partial charge < -0.3 is 14.9 Å². The van der Waals surface area contributed by atoms with E-state index in [0.29, 0.717) is 46.7 Å². The molecule has 3 aromatic heterocycles. The Hall–Kier alpha value is -4.06. The van der Waals surface area contributed by atoms with E-state index in [1.165, 1.54) is 12.4 Å². The van der Waals surface area contributed by atoms with Crippen LogP contribution in [0.3, 0.4) is 0 Å². The minimum atomic E-state index is -3.86. The number of urea groups is 1. The van der Waals surface area contributed by atoms with Crippen LogP contribution in [-0.2, 0) is 16.6 Å². The van der Waals surface area contributed by atoms with Crippen molar-refractivity contribution in [3.8, 4) is 6.07 Å². The summed E-state index contributed by atoms with van der Waals surface area (Å²) in [4.78, 5) is 25.2. The molecule has 1 aromatic carbocycles. The molecule has 1 unspecified atom stereocenters. The highest BCUT2D eigenvalue weighted by molar-refractivity contribution is 7.90. The van der Waals surface area contributed by atoms with Gasteiger partial charge in [-0.05, 0) is 42.9 Å². The van der Waals surface area contributed by atoms with E-state index in [-0.39, 0.29) is 35.0 Å². The molecule has 0 radical (unpaired) electrons. The number of nitriles is 1. The first-order chi connectivity index (χ1) is 19.3. The number of benzene rings is 1. The maximum absolute atomic E-state index is 13.3. The quantitative estimate of drug-likeness (QED) is 0.351. The monoisotopic (exact) mass is 578 g/mol. The highest BCUT2D eigenvalue weighted by Crippen LogP contribution is 2.43. The van der Waals surface area contributed by atoms with Crippen LogP contribution >= 0.6 is 11.5 Å². The van der Waals surface area contributed by atoms with Gasteiger partial charge in [0.1, 0.15) is 12.7 Å². The zero-order chi connectivity index (χ0) is 28.0. The van der Waals surface area contributed by atoms with Gasteiger partial charge >= 0.3 is 6.03 Å². The van der Waals surface area contributed by atoms with E-state index < -0.39 is 10.0 Å². The van der Waals surface area contributed by atoms with Crippen LogP contribution in [-0.4, -0.2) is 68.9 Å². The standard InChI is InChI=1S/C26H26N8O4S2/c1-32(19-9-16-13-33(14-17(16)10-19)26(36)30-25-29-22(15-35)31-39-25)23-18(11-27)12-28-24-21(23)7-8-34(24)40(37,38)20-5-3-2-4-6-20/h2-8,12,16-17,19,35H,9-10,13-15H2,1H3,(H,29,30,31,36)/t16-,17?,19+/m1/s1. The molecule has 1 saturated carbocycles. The number of fused-ring (bicyclic) bond motifs is 2. The van der Waals surface area contributed by atoms with Crippen molar-refractivity contribution >= 4 is 49.4 Å². The molecule has 1 saturated heterocycles. The molecule has 2 aliphatic rings. The summed E-state index contributed by atoms with van der Waals surface area (Å²) in [7, 11) is -1.93. The first kappa shape index (κ1) is 26.2. The molecule has 206 valence electrons. The number of aliphatic hydroxyl groups excluding tert-OH is 1. The van der Waals surface area contributed by atoms with Crippen LogP contribution in [0.25, 0.3) is 11.0 Å². The number of carbonyl (C=O) groups is 1. The predicted molar refractivity (Wildman–Crippen MR) is 148 cm³/mol. The Bertz CT molecular complexity index is 1720. The molecular formula is C26H26N8O4S2. The van der Waals surface area contributed by atoms with Crippen LogP contribution in [0.4, 0.5) is 15.6 Å². The summed E-state index contributed by atoms with van der Waals surface area (Å²) in [6.45, 7) is 0.935. The van der Waals surface area contributed by atoms with Gasteiger partial charge in [-0.2, -0.15) is 9.64 Å². The lowest BCUT2D eigenvalue weighted by Gasteiger charge is -2.29. The Morgan fingerprint density at radius 2 is 1.95 bits per heavy atom. The highest BCUT2D eigenvalue weighted by atomic mass is 32.2. The van der Waals surface area contributed by atoms with E-state index in [9.17, 15) is 18.5 Å². The average Bonchev–Trinajstić information content (AvgIpc) is 3.75. The second kappa shape index (κ2) is 10.2. The molecule has 12 nitrogen and oxygen atoms in total. The molecule has 4 aromatic rings. The Morgan fingerprint density at radius 3 is 2.60 bits per heavy atom. The summed E-state index contributed by atoms with van der Waals surface area (Å²) < 4.78 is 31.8. The van der Waals surface area contributed by atoms with Gasteiger partial charge in [-0.1, -0.05) is 18.2 Å². The first-order valence-corrected chi connectivity index (χ1v) is 14.9. The number of likely N-dealkylation sites (tertiary alicyclic amines) is 1. The van der Waals surface area contributed by atoms with Crippen molar-refractivity contribution in [2.75, 3.05) is 30.4 Å². The molecule has 0 bridgehead atoms. The van der Waals surface area contributed by atoms with Crippen LogP contribution in [0.2, 0.25) is 0 Å². The van der Waals surface area contributed by atoms with Crippen molar-refractivity contribution in [1.82, 2.24) is 23.2 Å². The number of aliphatic hydroxyl groups is 1. The maximum Gasteiger partial charge on any atom is 0.323 e. The summed E-state index contributed by atoms with van der Waals surface area (Å²) in [5.74, 6) is 0.873. The number of anilines is 2. The molecule has 0 spiro atoms. The molecule has 14 heteroatoms. The van der Waals surface area contributed by atoms with E-state index in [4.69, 9.17) is 5.11 Å². The van der Waals surface area contributed by atoms with Gasteiger partial charge in [-0.25, -0.2) is 27.2 Å². The van der Waals surface area contributed by atoms with E-state index in [1.54, 1.807) is 41.3 Å². The fourth-order valence-corrected chi connectivity index (χ4v) is 7.78. The fourth-order valence-electron chi connectivity index (χ4n) is 5.88. The van der Waals surface area contributed by atoms with Gasteiger partial charge in [-0.15, -0.1) is 0 Å². The lowest BCUT2D eigenvalue weighted by Crippen LogP contribution is -2.36. The van der Waals surface area contributed by atoms with Gasteiger partial charge in [0.2, 0.25) is 5.13 Å². The third-order valence-corrected chi connectivity index (χ3v) is 10.2. The lowest BCUT2D eigenvalue weighted by atomic mass is 10.0. The van der Waals surface area contributed by atoms with Gasteiger partial charge in [0.05, 0.1) is 16.1 Å². The Kier molecular flexibility index (Phi) is 6.65. The first-order valence-electron chi connectivity index (χ1n) is 12.7. The smallest absolute Gasteiger partial charge is 0.323 e. The topological polar surface area (TPSA) is 157 Å². The van der Waals surface area contributed by atoms with Crippen molar-refractivity contribution in [2.24, 2.45) is 11.8 Å². The second-order valence-corrected chi connectivity index (χ2v) is 12.6. The van der Waals surface area contributed by atoms with Gasteiger partial charge in [0.25, 0.3) is 10.0 Å².